The van der Waals surface area contributed by atoms with Crippen molar-refractivity contribution in [1.29, 1.82) is 0 Å². The van der Waals surface area contributed by atoms with Crippen LogP contribution in [0, 0.1) is 0 Å². The molecular weight excluding hydrogens is 388 g/mol. The second-order valence-electron chi connectivity index (χ2n) is 7.86. The third kappa shape index (κ3) is 4.32. The quantitative estimate of drug-likeness (QED) is 0.504. The fourth-order valence-corrected chi connectivity index (χ4v) is 4.00. The molecule has 0 atom stereocenters. The number of piperazine rings is 1. The van der Waals surface area contributed by atoms with Crippen molar-refractivity contribution in [2.75, 3.05) is 26.2 Å². The summed E-state index contributed by atoms with van der Waals surface area (Å²) in [4.78, 5) is 21.3. The minimum Gasteiger partial charge on any atom is -0.336 e. The first-order chi connectivity index (χ1) is 15.3. The average Bonchev–Trinajstić information content (AvgIpc) is 3.23. The van der Waals surface area contributed by atoms with Gasteiger partial charge in [-0.3, -0.25) is 14.7 Å². The van der Waals surface area contributed by atoms with Crippen molar-refractivity contribution in [2.45, 2.75) is 13.1 Å². The van der Waals surface area contributed by atoms with Gasteiger partial charge in [0.1, 0.15) is 5.52 Å². The SMILES string of the molecule is O=C(c1ccc(Cn2nnc3ccccc32)cc1)N1CCN(Cc2ccncc2)CC1. The number of rotatable bonds is 5. The van der Waals surface area contributed by atoms with Gasteiger partial charge < -0.3 is 4.90 Å². The van der Waals surface area contributed by atoms with Crippen LogP contribution in [-0.4, -0.2) is 61.9 Å². The molecule has 2 aromatic carbocycles. The second-order valence-corrected chi connectivity index (χ2v) is 7.86. The Balaban J connectivity index is 1.19. The van der Waals surface area contributed by atoms with E-state index in [1.54, 1.807) is 0 Å². The molecule has 0 radical (unpaired) electrons. The highest BCUT2D eigenvalue weighted by Crippen LogP contribution is 2.15. The minimum absolute atomic E-state index is 0.0984. The number of hydrogen-bond acceptors (Lipinski definition) is 5. The lowest BCUT2D eigenvalue weighted by Crippen LogP contribution is -2.48. The van der Waals surface area contributed by atoms with Crippen molar-refractivity contribution in [3.8, 4) is 0 Å². The van der Waals surface area contributed by atoms with Crippen LogP contribution in [-0.2, 0) is 13.1 Å². The van der Waals surface area contributed by atoms with E-state index in [1.807, 2.05) is 82.6 Å². The van der Waals surface area contributed by atoms with Gasteiger partial charge in [0.15, 0.2) is 0 Å². The summed E-state index contributed by atoms with van der Waals surface area (Å²) in [6.07, 6.45) is 3.65. The molecule has 4 aromatic rings. The van der Waals surface area contributed by atoms with Crippen molar-refractivity contribution >= 4 is 16.9 Å². The summed E-state index contributed by atoms with van der Waals surface area (Å²) in [5.74, 6) is 0.0984. The van der Waals surface area contributed by atoms with Crippen molar-refractivity contribution in [3.05, 3.63) is 89.7 Å². The Bertz CT molecular complexity index is 1160. The zero-order valence-corrected chi connectivity index (χ0v) is 17.3. The minimum atomic E-state index is 0.0984. The summed E-state index contributed by atoms with van der Waals surface area (Å²) in [5.41, 5.74) is 4.97. The smallest absolute Gasteiger partial charge is 0.253 e. The van der Waals surface area contributed by atoms with Gasteiger partial charge in [0, 0.05) is 50.7 Å². The summed E-state index contributed by atoms with van der Waals surface area (Å²) < 4.78 is 1.88. The molecule has 1 fully saturated rings. The normalized spacial score (nSPS) is 14.8. The molecule has 0 aliphatic carbocycles. The van der Waals surface area contributed by atoms with Gasteiger partial charge in [-0.25, -0.2) is 4.68 Å². The highest BCUT2D eigenvalue weighted by atomic mass is 16.2. The second kappa shape index (κ2) is 8.65. The van der Waals surface area contributed by atoms with Crippen LogP contribution < -0.4 is 0 Å². The maximum atomic E-state index is 12.9. The molecule has 1 aliphatic rings. The fourth-order valence-electron chi connectivity index (χ4n) is 4.00. The first-order valence-corrected chi connectivity index (χ1v) is 10.5. The molecule has 1 saturated heterocycles. The Labute approximate surface area is 180 Å². The Kier molecular flexibility index (Phi) is 5.41. The van der Waals surface area contributed by atoms with Gasteiger partial charge in [0.05, 0.1) is 12.1 Å². The molecule has 0 saturated carbocycles. The summed E-state index contributed by atoms with van der Waals surface area (Å²) in [6.45, 7) is 4.78. The molecule has 0 N–H and O–H groups in total. The highest BCUT2D eigenvalue weighted by Gasteiger charge is 2.22. The fraction of sp³-hybridized carbons (Fsp3) is 0.250. The predicted octanol–water partition coefficient (Wildman–Crippen LogP) is 2.83. The first-order valence-electron chi connectivity index (χ1n) is 10.5. The van der Waals surface area contributed by atoms with E-state index in [9.17, 15) is 4.79 Å². The van der Waals surface area contributed by atoms with Gasteiger partial charge in [-0.05, 0) is 47.5 Å². The number of carbonyl (C=O) groups excluding carboxylic acids is 1. The first kappa shape index (κ1) is 19.4. The molecule has 5 rings (SSSR count). The topological polar surface area (TPSA) is 67.2 Å². The van der Waals surface area contributed by atoms with E-state index in [4.69, 9.17) is 0 Å². The van der Waals surface area contributed by atoms with Gasteiger partial charge in [0.2, 0.25) is 0 Å². The maximum absolute atomic E-state index is 12.9. The van der Waals surface area contributed by atoms with Crippen LogP contribution in [0.2, 0.25) is 0 Å². The Morgan fingerprint density at radius 2 is 1.52 bits per heavy atom. The highest BCUT2D eigenvalue weighted by molar-refractivity contribution is 5.94. The predicted molar refractivity (Wildman–Crippen MR) is 118 cm³/mol. The number of carbonyl (C=O) groups is 1. The third-order valence-corrected chi connectivity index (χ3v) is 5.77. The summed E-state index contributed by atoms with van der Waals surface area (Å²) in [5, 5.41) is 8.44. The Hall–Kier alpha value is -3.58. The number of pyridine rings is 1. The van der Waals surface area contributed by atoms with Crippen LogP contribution in [0.25, 0.3) is 11.0 Å². The van der Waals surface area contributed by atoms with Gasteiger partial charge in [-0.1, -0.05) is 29.5 Å². The average molecular weight is 412 g/mol. The number of aromatic nitrogens is 4. The molecule has 0 unspecified atom stereocenters. The maximum Gasteiger partial charge on any atom is 0.253 e. The number of hydrogen-bond donors (Lipinski definition) is 0. The van der Waals surface area contributed by atoms with E-state index >= 15 is 0 Å². The van der Waals surface area contributed by atoms with Gasteiger partial charge in [-0.15, -0.1) is 5.10 Å². The molecule has 7 nitrogen and oxygen atoms in total. The van der Waals surface area contributed by atoms with Gasteiger partial charge in [-0.2, -0.15) is 0 Å². The summed E-state index contributed by atoms with van der Waals surface area (Å²) in [6, 6.07) is 19.8. The van der Waals surface area contributed by atoms with Crippen molar-refractivity contribution in [2.24, 2.45) is 0 Å². The standard InChI is InChI=1S/C24H24N6O/c31-24(29-15-13-28(14-16-29)17-20-9-11-25-12-10-20)21-7-5-19(6-8-21)18-30-23-4-2-1-3-22(23)26-27-30/h1-12H,13-18H2. The lowest BCUT2D eigenvalue weighted by Gasteiger charge is -2.34. The Morgan fingerprint density at radius 1 is 0.806 bits per heavy atom. The molecule has 7 heteroatoms. The van der Waals surface area contributed by atoms with Crippen LogP contribution in [0.4, 0.5) is 0 Å². The molecular formula is C24H24N6O. The van der Waals surface area contributed by atoms with Crippen molar-refractivity contribution in [1.82, 2.24) is 29.8 Å². The van der Waals surface area contributed by atoms with Gasteiger partial charge in [0.25, 0.3) is 5.91 Å². The number of para-hydroxylation sites is 1. The number of benzene rings is 2. The molecule has 3 heterocycles. The molecule has 0 bridgehead atoms. The number of nitrogens with zero attached hydrogens (tertiary/aromatic N) is 6. The Morgan fingerprint density at radius 3 is 2.29 bits per heavy atom. The van der Waals surface area contributed by atoms with Crippen LogP contribution >= 0.6 is 0 Å². The van der Waals surface area contributed by atoms with E-state index < -0.39 is 0 Å². The van der Waals surface area contributed by atoms with Crippen LogP contribution in [0.1, 0.15) is 21.5 Å². The zero-order valence-electron chi connectivity index (χ0n) is 17.3. The van der Waals surface area contributed by atoms with E-state index in [0.717, 1.165) is 54.9 Å². The van der Waals surface area contributed by atoms with E-state index in [2.05, 4.69) is 20.2 Å². The number of amides is 1. The zero-order chi connectivity index (χ0) is 21.0. The third-order valence-electron chi connectivity index (χ3n) is 5.77. The van der Waals surface area contributed by atoms with E-state index in [0.29, 0.717) is 6.54 Å². The molecule has 1 amide bonds. The summed E-state index contributed by atoms with van der Waals surface area (Å²) in [7, 11) is 0. The van der Waals surface area contributed by atoms with E-state index in [-0.39, 0.29) is 5.91 Å². The molecule has 1 aliphatic heterocycles. The molecule has 31 heavy (non-hydrogen) atoms. The number of fused-ring (bicyclic) bond motifs is 1. The monoisotopic (exact) mass is 412 g/mol. The molecule has 0 spiro atoms. The van der Waals surface area contributed by atoms with E-state index in [1.165, 1.54) is 5.56 Å². The van der Waals surface area contributed by atoms with Crippen LogP contribution in [0.3, 0.4) is 0 Å². The largest absolute Gasteiger partial charge is 0.336 e. The molecule has 2 aromatic heterocycles. The van der Waals surface area contributed by atoms with Crippen molar-refractivity contribution < 1.29 is 4.79 Å². The van der Waals surface area contributed by atoms with Crippen LogP contribution in [0.5, 0.6) is 0 Å². The lowest BCUT2D eigenvalue weighted by atomic mass is 10.1. The van der Waals surface area contributed by atoms with Crippen molar-refractivity contribution in [3.63, 3.8) is 0 Å². The van der Waals surface area contributed by atoms with Gasteiger partial charge >= 0.3 is 0 Å². The summed E-state index contributed by atoms with van der Waals surface area (Å²) >= 11 is 0. The lowest BCUT2D eigenvalue weighted by molar-refractivity contribution is 0.0628. The van der Waals surface area contributed by atoms with Crippen LogP contribution in [0.15, 0.2) is 73.1 Å². The molecule has 156 valence electrons.